The minimum absolute atomic E-state index is 0.00231. The standard InChI is InChI=1S/C35H41N5O7/c1-23(2)15-16-28(41)19-32(42)47-40-34(44)31(18-27-20-36-22-37-27)38-33(43)30(39-35(45)46-21-24-9-4-3-5-10-24)17-26-13-8-12-25-11-6-7-14-29(25)26/h3-14,20,22-23,28,30-31,41H,15-19,21H2,1-2H3,(H,36,37)(H,38,43)(H,39,45)(H,40,44)/t28-,30+,31+/m0/s1. The fraction of sp³-hybridized carbons (Fsp3) is 0.343. The first kappa shape index (κ1) is 34.6. The third-order valence-corrected chi connectivity index (χ3v) is 7.48. The zero-order chi connectivity index (χ0) is 33.6. The number of amides is 3. The van der Waals surface area contributed by atoms with Crippen LogP contribution in [0.15, 0.2) is 85.3 Å². The molecule has 0 fully saturated rings. The maximum atomic E-state index is 13.8. The Bertz CT molecular complexity index is 1610. The first-order chi connectivity index (χ1) is 22.7. The van der Waals surface area contributed by atoms with E-state index in [0.717, 1.165) is 28.3 Å². The van der Waals surface area contributed by atoms with Crippen molar-refractivity contribution >= 4 is 34.6 Å². The lowest BCUT2D eigenvalue weighted by Gasteiger charge is -2.23. The quantitative estimate of drug-likeness (QED) is 0.121. The van der Waals surface area contributed by atoms with Gasteiger partial charge in [0, 0.05) is 24.7 Å². The molecule has 5 N–H and O–H groups in total. The van der Waals surface area contributed by atoms with Gasteiger partial charge in [-0.05, 0) is 40.7 Å². The molecule has 0 unspecified atom stereocenters. The molecule has 12 heteroatoms. The summed E-state index contributed by atoms with van der Waals surface area (Å²) in [7, 11) is 0. The highest BCUT2D eigenvalue weighted by Gasteiger charge is 2.29. The molecule has 3 atom stereocenters. The number of nitrogens with one attached hydrogen (secondary N) is 4. The summed E-state index contributed by atoms with van der Waals surface area (Å²) in [6.07, 6.45) is 2.12. The smallest absolute Gasteiger partial charge is 0.408 e. The summed E-state index contributed by atoms with van der Waals surface area (Å²) in [5.74, 6) is -1.94. The highest BCUT2D eigenvalue weighted by atomic mass is 16.7. The van der Waals surface area contributed by atoms with Gasteiger partial charge in [-0.25, -0.2) is 14.6 Å². The van der Waals surface area contributed by atoms with Gasteiger partial charge >= 0.3 is 12.1 Å². The lowest BCUT2D eigenvalue weighted by Crippen LogP contribution is -2.55. The minimum atomic E-state index is -1.22. The molecule has 248 valence electrons. The van der Waals surface area contributed by atoms with E-state index in [4.69, 9.17) is 9.57 Å². The molecule has 0 aliphatic carbocycles. The van der Waals surface area contributed by atoms with Gasteiger partial charge in [0.15, 0.2) is 0 Å². The number of aromatic nitrogens is 2. The Kier molecular flexibility index (Phi) is 12.9. The molecular weight excluding hydrogens is 602 g/mol. The molecule has 0 bridgehead atoms. The number of alkyl carbamates (subject to hydrolysis) is 1. The van der Waals surface area contributed by atoms with Crippen molar-refractivity contribution in [2.45, 2.75) is 70.7 Å². The van der Waals surface area contributed by atoms with Crippen molar-refractivity contribution < 1.29 is 33.9 Å². The van der Waals surface area contributed by atoms with Crippen LogP contribution >= 0.6 is 0 Å². The normalized spacial score (nSPS) is 12.9. The number of carbonyl (C=O) groups is 4. The number of nitrogens with zero attached hydrogens (tertiary/aromatic N) is 1. The second kappa shape index (κ2) is 17.5. The second-order valence-electron chi connectivity index (χ2n) is 11.7. The fourth-order valence-corrected chi connectivity index (χ4v) is 4.94. The molecule has 0 aliphatic heterocycles. The number of aliphatic hydroxyl groups excluding tert-OH is 1. The Balaban J connectivity index is 1.48. The van der Waals surface area contributed by atoms with Crippen LogP contribution in [-0.2, 0) is 43.4 Å². The molecule has 0 saturated carbocycles. The minimum Gasteiger partial charge on any atom is -0.445 e. The van der Waals surface area contributed by atoms with E-state index >= 15 is 0 Å². The van der Waals surface area contributed by atoms with Gasteiger partial charge in [-0.3, -0.25) is 9.59 Å². The lowest BCUT2D eigenvalue weighted by atomic mass is 9.98. The van der Waals surface area contributed by atoms with Gasteiger partial charge in [0.05, 0.1) is 18.9 Å². The van der Waals surface area contributed by atoms with E-state index in [1.807, 2.05) is 86.6 Å². The van der Waals surface area contributed by atoms with Gasteiger partial charge in [0.2, 0.25) is 5.91 Å². The molecule has 3 aromatic carbocycles. The molecule has 1 aromatic heterocycles. The van der Waals surface area contributed by atoms with Crippen LogP contribution in [0.3, 0.4) is 0 Å². The van der Waals surface area contributed by atoms with Crippen molar-refractivity contribution in [1.29, 1.82) is 0 Å². The highest BCUT2D eigenvalue weighted by molar-refractivity contribution is 5.93. The number of aromatic amines is 1. The van der Waals surface area contributed by atoms with Crippen molar-refractivity contribution in [3.63, 3.8) is 0 Å². The number of ether oxygens (including phenoxy) is 1. The lowest BCUT2D eigenvalue weighted by molar-refractivity contribution is -0.161. The third-order valence-electron chi connectivity index (χ3n) is 7.48. The second-order valence-corrected chi connectivity index (χ2v) is 11.7. The van der Waals surface area contributed by atoms with Crippen LogP contribution in [0.5, 0.6) is 0 Å². The molecule has 12 nitrogen and oxygen atoms in total. The van der Waals surface area contributed by atoms with Crippen LogP contribution in [-0.4, -0.2) is 57.1 Å². The van der Waals surface area contributed by atoms with Crippen molar-refractivity contribution in [1.82, 2.24) is 26.1 Å². The van der Waals surface area contributed by atoms with Gasteiger partial charge in [-0.15, -0.1) is 0 Å². The molecule has 0 aliphatic rings. The molecule has 0 spiro atoms. The topological polar surface area (TPSA) is 172 Å². The predicted octanol–water partition coefficient (Wildman–Crippen LogP) is 3.89. The van der Waals surface area contributed by atoms with E-state index in [1.165, 1.54) is 12.5 Å². The molecule has 47 heavy (non-hydrogen) atoms. The third kappa shape index (κ3) is 11.3. The van der Waals surface area contributed by atoms with Gasteiger partial charge in [-0.1, -0.05) is 86.6 Å². The summed E-state index contributed by atoms with van der Waals surface area (Å²) >= 11 is 0. The number of benzene rings is 3. The van der Waals surface area contributed by atoms with Gasteiger partial charge in [-0.2, -0.15) is 5.48 Å². The number of hydrogen-bond acceptors (Lipinski definition) is 8. The molecule has 4 aromatic rings. The summed E-state index contributed by atoms with van der Waals surface area (Å²) in [6, 6.07) is 20.1. The van der Waals surface area contributed by atoms with Crippen LogP contribution in [0, 0.1) is 5.92 Å². The Hall–Kier alpha value is -5.23. The number of hydroxylamine groups is 1. The van der Waals surface area contributed by atoms with E-state index in [1.54, 1.807) is 0 Å². The van der Waals surface area contributed by atoms with E-state index in [0.29, 0.717) is 18.0 Å². The summed E-state index contributed by atoms with van der Waals surface area (Å²) in [4.78, 5) is 64.1. The summed E-state index contributed by atoms with van der Waals surface area (Å²) in [5.41, 5.74) is 4.20. The molecule has 3 amide bonds. The SMILES string of the molecule is CC(C)CC[C@H](O)CC(=O)ONC(=O)[C@@H](Cc1cnc[nH]1)NC(=O)[C@@H](Cc1cccc2ccccc12)NC(=O)OCc1ccccc1. The monoisotopic (exact) mass is 643 g/mol. The molecular formula is C35H41N5O7. The van der Waals surface area contributed by atoms with Crippen molar-refractivity contribution in [2.24, 2.45) is 5.92 Å². The zero-order valence-electron chi connectivity index (χ0n) is 26.5. The largest absolute Gasteiger partial charge is 0.445 e. The van der Waals surface area contributed by atoms with Crippen LogP contribution in [0.4, 0.5) is 4.79 Å². The Morgan fingerprint density at radius 1 is 0.851 bits per heavy atom. The van der Waals surface area contributed by atoms with Crippen LogP contribution in [0.2, 0.25) is 0 Å². The maximum absolute atomic E-state index is 13.8. The number of fused-ring (bicyclic) bond motifs is 1. The first-order valence-corrected chi connectivity index (χ1v) is 15.6. The molecule has 0 saturated heterocycles. The Morgan fingerprint density at radius 3 is 2.32 bits per heavy atom. The summed E-state index contributed by atoms with van der Waals surface area (Å²) < 4.78 is 5.40. The molecule has 0 radical (unpaired) electrons. The van der Waals surface area contributed by atoms with Crippen molar-refractivity contribution in [3.05, 3.63) is 102 Å². The highest BCUT2D eigenvalue weighted by Crippen LogP contribution is 2.20. The van der Waals surface area contributed by atoms with Crippen LogP contribution in [0.1, 0.15) is 49.9 Å². The maximum Gasteiger partial charge on any atom is 0.408 e. The summed E-state index contributed by atoms with van der Waals surface area (Å²) in [6.45, 7) is 4.02. The van der Waals surface area contributed by atoms with E-state index < -0.39 is 42.1 Å². The summed E-state index contributed by atoms with van der Waals surface area (Å²) in [5, 5.41) is 17.3. The number of aliphatic hydroxyl groups is 1. The molecule has 4 rings (SSSR count). The number of carbonyl (C=O) groups excluding carboxylic acids is 4. The number of imidazole rings is 1. The Morgan fingerprint density at radius 2 is 1.57 bits per heavy atom. The van der Waals surface area contributed by atoms with Crippen LogP contribution < -0.4 is 16.1 Å². The zero-order valence-corrected chi connectivity index (χ0v) is 26.5. The first-order valence-electron chi connectivity index (χ1n) is 15.6. The number of hydrogen-bond donors (Lipinski definition) is 5. The van der Waals surface area contributed by atoms with E-state index in [9.17, 15) is 24.3 Å². The van der Waals surface area contributed by atoms with Gasteiger partial charge < -0.3 is 30.3 Å². The Labute approximate surface area is 273 Å². The fourth-order valence-electron chi connectivity index (χ4n) is 4.94. The van der Waals surface area contributed by atoms with Crippen molar-refractivity contribution in [2.75, 3.05) is 0 Å². The van der Waals surface area contributed by atoms with Crippen LogP contribution in [0.25, 0.3) is 10.8 Å². The average Bonchev–Trinajstić information content (AvgIpc) is 3.58. The van der Waals surface area contributed by atoms with E-state index in [2.05, 4.69) is 26.1 Å². The number of rotatable bonds is 15. The predicted molar refractivity (Wildman–Crippen MR) is 174 cm³/mol. The molecule has 1 heterocycles. The number of H-pyrrole nitrogens is 1. The van der Waals surface area contributed by atoms with E-state index in [-0.39, 0.29) is 25.9 Å². The average molecular weight is 644 g/mol. The van der Waals surface area contributed by atoms with Gasteiger partial charge in [0.1, 0.15) is 18.7 Å². The van der Waals surface area contributed by atoms with Gasteiger partial charge in [0.25, 0.3) is 5.91 Å². The van der Waals surface area contributed by atoms with Crippen molar-refractivity contribution in [3.8, 4) is 0 Å².